The third-order valence-electron chi connectivity index (χ3n) is 7.47. The number of hydrogen-bond donors (Lipinski definition) is 5. The summed E-state index contributed by atoms with van der Waals surface area (Å²) in [7, 11) is 0. The molecule has 9 nitrogen and oxygen atoms in total. The van der Waals surface area contributed by atoms with E-state index >= 15 is 0 Å². The van der Waals surface area contributed by atoms with Gasteiger partial charge in [0.25, 0.3) is 0 Å². The van der Waals surface area contributed by atoms with Crippen LogP contribution in [0, 0.1) is 5.92 Å². The van der Waals surface area contributed by atoms with Gasteiger partial charge in [0.05, 0.1) is 12.1 Å². The molecule has 3 amide bonds. The lowest BCUT2D eigenvalue weighted by atomic mass is 9.99. The number of carbonyl (C=O) groups excluding carboxylic acids is 3. The highest BCUT2D eigenvalue weighted by Crippen LogP contribution is 2.20. The molecular weight excluding hydrogens is 532 g/mol. The fourth-order valence-electron chi connectivity index (χ4n) is 4.96. The molecule has 9 heteroatoms. The van der Waals surface area contributed by atoms with Gasteiger partial charge in [0.15, 0.2) is 0 Å². The Morgan fingerprint density at radius 2 is 1.57 bits per heavy atom. The number of aliphatic hydroxyl groups is 1. The Balaban J connectivity index is 1.74. The summed E-state index contributed by atoms with van der Waals surface area (Å²) in [6.07, 6.45) is 6.05. The zero-order valence-electron chi connectivity index (χ0n) is 25.2. The van der Waals surface area contributed by atoms with Crippen LogP contribution in [-0.2, 0) is 16.0 Å². The number of carbonyl (C=O) groups is 3. The first-order valence-electron chi connectivity index (χ1n) is 15.1. The number of unbranched alkanes of at least 4 members (excludes halogenated alkanes) is 3. The highest BCUT2D eigenvalue weighted by molar-refractivity contribution is 5.92. The van der Waals surface area contributed by atoms with Gasteiger partial charge in [-0.3, -0.25) is 9.59 Å². The Bertz CT molecular complexity index is 1270. The van der Waals surface area contributed by atoms with Gasteiger partial charge in [0, 0.05) is 17.1 Å². The first-order chi connectivity index (χ1) is 20.2. The van der Waals surface area contributed by atoms with Gasteiger partial charge in [-0.25, -0.2) is 4.79 Å². The summed E-state index contributed by atoms with van der Waals surface area (Å²) in [5.41, 5.74) is 2.04. The number of rotatable bonds is 16. The maximum atomic E-state index is 13.6. The van der Waals surface area contributed by atoms with Gasteiger partial charge in [-0.2, -0.15) is 0 Å². The molecule has 0 aliphatic carbocycles. The van der Waals surface area contributed by atoms with Gasteiger partial charge >= 0.3 is 6.09 Å². The largest absolute Gasteiger partial charge is 0.413 e. The molecule has 2 aromatic carbocycles. The summed E-state index contributed by atoms with van der Waals surface area (Å²) >= 11 is 0. The lowest BCUT2D eigenvalue weighted by molar-refractivity contribution is -0.131. The molecule has 4 atom stereocenters. The van der Waals surface area contributed by atoms with Crippen LogP contribution >= 0.6 is 0 Å². The van der Waals surface area contributed by atoms with Crippen molar-refractivity contribution in [2.75, 3.05) is 0 Å². The smallest absolute Gasteiger partial charge is 0.410 e. The predicted molar refractivity (Wildman–Crippen MR) is 165 cm³/mol. The Morgan fingerprint density at radius 1 is 0.857 bits per heavy atom. The van der Waals surface area contributed by atoms with Gasteiger partial charge in [0.1, 0.15) is 17.8 Å². The normalized spacial score (nSPS) is 14.1. The van der Waals surface area contributed by atoms with E-state index in [4.69, 9.17) is 4.74 Å². The average molecular weight is 579 g/mol. The number of hydrogen-bond acceptors (Lipinski definition) is 5. The number of amides is 3. The maximum Gasteiger partial charge on any atom is 0.413 e. The van der Waals surface area contributed by atoms with E-state index in [1.807, 2.05) is 50.4 Å². The van der Waals surface area contributed by atoms with E-state index in [2.05, 4.69) is 27.9 Å². The lowest BCUT2D eigenvalue weighted by Gasteiger charge is -2.28. The Morgan fingerprint density at radius 3 is 2.26 bits per heavy atom. The number of aromatic amines is 1. The van der Waals surface area contributed by atoms with E-state index < -0.39 is 36.2 Å². The number of nitrogens with one attached hydrogen (secondary N) is 4. The van der Waals surface area contributed by atoms with Crippen LogP contribution in [0.1, 0.15) is 71.8 Å². The molecular formula is C33H46N4O5. The van der Waals surface area contributed by atoms with Crippen molar-refractivity contribution in [3.05, 3.63) is 66.4 Å². The summed E-state index contributed by atoms with van der Waals surface area (Å²) in [5.74, 6) is -0.754. The zero-order valence-corrected chi connectivity index (χ0v) is 25.2. The molecule has 42 heavy (non-hydrogen) atoms. The first kappa shape index (κ1) is 32.7. The molecule has 5 N–H and O–H groups in total. The molecule has 0 bridgehead atoms. The molecule has 0 radical (unpaired) electrons. The van der Waals surface area contributed by atoms with Gasteiger partial charge in [-0.15, -0.1) is 0 Å². The minimum Gasteiger partial charge on any atom is -0.410 e. The van der Waals surface area contributed by atoms with Crippen LogP contribution in [0.4, 0.5) is 4.79 Å². The van der Waals surface area contributed by atoms with E-state index in [0.29, 0.717) is 25.0 Å². The SMILES string of the molecule is CCCCCC[C@H](NC(=O)C(CCc1c[nH]c2ccccc12)NC(=O)C(NC(=O)Oc1ccccc1)C(C)C)[C@H](C)O. The zero-order chi connectivity index (χ0) is 30.5. The highest BCUT2D eigenvalue weighted by atomic mass is 16.6. The van der Waals surface area contributed by atoms with Crippen LogP contribution in [-0.4, -0.2) is 52.2 Å². The second-order valence-electron chi connectivity index (χ2n) is 11.2. The van der Waals surface area contributed by atoms with Gasteiger partial charge < -0.3 is 30.8 Å². The number of benzene rings is 2. The summed E-state index contributed by atoms with van der Waals surface area (Å²) in [6, 6.07) is 14.3. The molecule has 228 valence electrons. The molecule has 1 aromatic heterocycles. The molecule has 0 spiro atoms. The minimum atomic E-state index is -0.925. The number of H-pyrrole nitrogens is 1. The second-order valence-corrected chi connectivity index (χ2v) is 11.2. The monoisotopic (exact) mass is 578 g/mol. The third kappa shape index (κ3) is 9.91. The lowest BCUT2D eigenvalue weighted by Crippen LogP contribution is -2.57. The Labute approximate surface area is 248 Å². The van der Waals surface area contributed by atoms with Crippen molar-refractivity contribution in [1.82, 2.24) is 20.9 Å². The summed E-state index contributed by atoms with van der Waals surface area (Å²) in [4.78, 5) is 43.0. The number of para-hydroxylation sites is 2. The van der Waals surface area contributed by atoms with Crippen molar-refractivity contribution >= 4 is 28.8 Å². The van der Waals surface area contributed by atoms with E-state index in [9.17, 15) is 19.5 Å². The fourth-order valence-corrected chi connectivity index (χ4v) is 4.96. The van der Waals surface area contributed by atoms with Gasteiger partial charge in [-0.1, -0.05) is 82.9 Å². The molecule has 3 aromatic rings. The van der Waals surface area contributed by atoms with Gasteiger partial charge in [0.2, 0.25) is 11.8 Å². The van der Waals surface area contributed by atoms with Crippen LogP contribution in [0.2, 0.25) is 0 Å². The number of aromatic nitrogens is 1. The number of ether oxygens (including phenoxy) is 1. The summed E-state index contributed by atoms with van der Waals surface area (Å²) < 4.78 is 5.33. The van der Waals surface area contributed by atoms with Crippen LogP contribution in [0.25, 0.3) is 10.9 Å². The molecule has 0 saturated heterocycles. The maximum absolute atomic E-state index is 13.6. The highest BCUT2D eigenvalue weighted by Gasteiger charge is 2.31. The Kier molecular flexibility index (Phi) is 12.9. The van der Waals surface area contributed by atoms with Crippen LogP contribution < -0.4 is 20.7 Å². The van der Waals surface area contributed by atoms with Crippen molar-refractivity contribution in [2.24, 2.45) is 5.92 Å². The van der Waals surface area contributed by atoms with E-state index in [-0.39, 0.29) is 11.8 Å². The average Bonchev–Trinajstić information content (AvgIpc) is 3.38. The van der Waals surface area contributed by atoms with Crippen LogP contribution in [0.5, 0.6) is 5.75 Å². The molecule has 2 unspecified atom stereocenters. The van der Waals surface area contributed by atoms with Crippen molar-refractivity contribution < 1.29 is 24.2 Å². The van der Waals surface area contributed by atoms with E-state index in [1.165, 1.54) is 0 Å². The molecule has 3 rings (SSSR count). The molecule has 0 saturated carbocycles. The van der Waals surface area contributed by atoms with Crippen LogP contribution in [0.15, 0.2) is 60.8 Å². The minimum absolute atomic E-state index is 0.269. The van der Waals surface area contributed by atoms with Crippen molar-refractivity contribution in [1.29, 1.82) is 0 Å². The summed E-state index contributed by atoms with van der Waals surface area (Å²) in [5, 5.41) is 20.0. The van der Waals surface area contributed by atoms with E-state index in [1.54, 1.807) is 31.2 Å². The summed E-state index contributed by atoms with van der Waals surface area (Å²) in [6.45, 7) is 7.43. The molecule has 0 aliphatic heterocycles. The second kappa shape index (κ2) is 16.6. The fraction of sp³-hybridized carbons (Fsp3) is 0.485. The number of aliphatic hydroxyl groups excluding tert-OH is 1. The first-order valence-corrected chi connectivity index (χ1v) is 15.1. The quantitative estimate of drug-likeness (QED) is 0.148. The van der Waals surface area contributed by atoms with Crippen molar-refractivity contribution in [2.45, 2.75) is 96.9 Å². The Hall–Kier alpha value is -3.85. The molecule has 1 heterocycles. The molecule has 0 fully saturated rings. The van der Waals surface area contributed by atoms with Crippen LogP contribution in [0.3, 0.4) is 0 Å². The number of fused-ring (bicyclic) bond motifs is 1. The van der Waals surface area contributed by atoms with Gasteiger partial charge in [-0.05, 0) is 55.9 Å². The van der Waals surface area contributed by atoms with E-state index in [0.717, 1.165) is 42.1 Å². The molecule has 0 aliphatic rings. The predicted octanol–water partition coefficient (Wildman–Crippen LogP) is 5.23. The standard InChI is InChI=1S/C33H46N4O5/c1-5-6-7-11-17-27(23(4)38)35-31(39)29(20-19-24-21-34-28-18-13-12-16-26(24)28)36-32(40)30(22(2)3)37-33(41)42-25-14-9-8-10-15-25/h8-10,12-16,18,21-23,27,29-30,34,38H,5-7,11,17,19-20H2,1-4H3,(H,35,39)(H,36,40)(H,37,41)/t23-,27-,29?,30?/m0/s1. The van der Waals surface area contributed by atoms with Crippen molar-refractivity contribution in [3.8, 4) is 5.75 Å². The van der Waals surface area contributed by atoms with Crippen molar-refractivity contribution in [3.63, 3.8) is 0 Å². The number of aryl methyl sites for hydroxylation is 1. The third-order valence-corrected chi connectivity index (χ3v) is 7.47. The topological polar surface area (TPSA) is 133 Å².